The molecule has 4 nitrogen and oxygen atoms in total. The summed E-state index contributed by atoms with van der Waals surface area (Å²) < 4.78 is 0. The topological polar surface area (TPSA) is 39.6 Å². The highest BCUT2D eigenvalue weighted by Gasteiger charge is 2.34. The van der Waals surface area contributed by atoms with Crippen molar-refractivity contribution in [3.05, 3.63) is 23.9 Å². The zero-order chi connectivity index (χ0) is 12.5. The standard InChI is InChI=1S/C14H21N3O/c1-11-8-16-7-3-5-13(16)9-17(11)14-6-2-4-12(10-18)15-14/h2,4,6,11,13,18H,3,5,7-10H2,1H3. The Morgan fingerprint density at radius 2 is 2.28 bits per heavy atom. The SMILES string of the molecule is CC1CN2CCCC2CN1c1cccc(CO)n1. The van der Waals surface area contributed by atoms with Crippen LogP contribution in [0.15, 0.2) is 18.2 Å². The Labute approximate surface area is 108 Å². The van der Waals surface area contributed by atoms with Crippen LogP contribution in [0.4, 0.5) is 5.82 Å². The number of rotatable bonds is 2. The molecule has 0 saturated carbocycles. The molecule has 2 aliphatic rings. The van der Waals surface area contributed by atoms with E-state index in [0.717, 1.165) is 24.6 Å². The van der Waals surface area contributed by atoms with Crippen molar-refractivity contribution in [1.29, 1.82) is 0 Å². The van der Waals surface area contributed by atoms with Crippen molar-refractivity contribution in [1.82, 2.24) is 9.88 Å². The Morgan fingerprint density at radius 3 is 3.11 bits per heavy atom. The fourth-order valence-corrected chi connectivity index (χ4v) is 3.22. The predicted octanol–water partition coefficient (Wildman–Crippen LogP) is 1.25. The van der Waals surface area contributed by atoms with Crippen LogP contribution in [0.25, 0.3) is 0 Å². The number of fused-ring (bicyclic) bond motifs is 1. The number of nitrogens with zero attached hydrogens (tertiary/aromatic N) is 3. The first kappa shape index (κ1) is 11.9. The molecule has 18 heavy (non-hydrogen) atoms. The molecule has 1 N–H and O–H groups in total. The highest BCUT2D eigenvalue weighted by molar-refractivity contribution is 5.41. The molecule has 3 heterocycles. The minimum absolute atomic E-state index is 0.0195. The van der Waals surface area contributed by atoms with Crippen molar-refractivity contribution in [2.45, 2.75) is 38.5 Å². The molecule has 0 bridgehead atoms. The van der Waals surface area contributed by atoms with Crippen LogP contribution in [0.1, 0.15) is 25.5 Å². The number of piperazine rings is 1. The lowest BCUT2D eigenvalue weighted by Gasteiger charge is -2.43. The highest BCUT2D eigenvalue weighted by atomic mass is 16.3. The van der Waals surface area contributed by atoms with Crippen LogP contribution in [0.3, 0.4) is 0 Å². The molecular formula is C14H21N3O. The van der Waals surface area contributed by atoms with E-state index >= 15 is 0 Å². The molecule has 0 amide bonds. The maximum atomic E-state index is 9.19. The summed E-state index contributed by atoms with van der Waals surface area (Å²) >= 11 is 0. The molecule has 3 rings (SSSR count). The Balaban J connectivity index is 1.81. The third-order valence-corrected chi connectivity index (χ3v) is 4.19. The molecule has 4 heteroatoms. The first-order valence-electron chi connectivity index (χ1n) is 6.85. The van der Waals surface area contributed by atoms with Crippen molar-refractivity contribution < 1.29 is 5.11 Å². The van der Waals surface area contributed by atoms with Gasteiger partial charge in [0.15, 0.2) is 0 Å². The number of hydrogen-bond donors (Lipinski definition) is 1. The number of anilines is 1. The molecule has 2 aliphatic heterocycles. The number of aliphatic hydroxyl groups is 1. The zero-order valence-electron chi connectivity index (χ0n) is 10.9. The van der Waals surface area contributed by atoms with Crippen LogP contribution in [0, 0.1) is 0 Å². The Kier molecular flexibility index (Phi) is 3.22. The number of aromatic nitrogens is 1. The van der Waals surface area contributed by atoms with Crippen LogP contribution in [-0.2, 0) is 6.61 Å². The monoisotopic (exact) mass is 247 g/mol. The van der Waals surface area contributed by atoms with Gasteiger partial charge in [-0.15, -0.1) is 0 Å². The van der Waals surface area contributed by atoms with Gasteiger partial charge in [0.2, 0.25) is 0 Å². The Hall–Kier alpha value is -1.13. The average molecular weight is 247 g/mol. The lowest BCUT2D eigenvalue weighted by molar-refractivity contribution is 0.202. The lowest BCUT2D eigenvalue weighted by Crippen LogP contribution is -2.55. The second-order valence-corrected chi connectivity index (χ2v) is 5.44. The van der Waals surface area contributed by atoms with Crippen molar-refractivity contribution in [3.8, 4) is 0 Å². The van der Waals surface area contributed by atoms with Gasteiger partial charge >= 0.3 is 0 Å². The first-order chi connectivity index (χ1) is 8.78. The summed E-state index contributed by atoms with van der Waals surface area (Å²) in [7, 11) is 0. The van der Waals surface area contributed by atoms with Gasteiger partial charge in [-0.25, -0.2) is 4.98 Å². The van der Waals surface area contributed by atoms with Crippen molar-refractivity contribution in [2.24, 2.45) is 0 Å². The van der Waals surface area contributed by atoms with Crippen molar-refractivity contribution >= 4 is 5.82 Å². The normalized spacial score (nSPS) is 28.4. The van der Waals surface area contributed by atoms with Crippen molar-refractivity contribution in [2.75, 3.05) is 24.5 Å². The van der Waals surface area contributed by atoms with Crippen LogP contribution in [0.2, 0.25) is 0 Å². The summed E-state index contributed by atoms with van der Waals surface area (Å²) in [5.41, 5.74) is 0.758. The second-order valence-electron chi connectivity index (χ2n) is 5.44. The van der Waals surface area contributed by atoms with Crippen LogP contribution in [0.5, 0.6) is 0 Å². The molecule has 2 fully saturated rings. The first-order valence-corrected chi connectivity index (χ1v) is 6.85. The molecule has 2 unspecified atom stereocenters. The molecule has 0 aromatic carbocycles. The van der Waals surface area contributed by atoms with E-state index in [2.05, 4.69) is 27.8 Å². The van der Waals surface area contributed by atoms with Crippen molar-refractivity contribution in [3.63, 3.8) is 0 Å². The van der Waals surface area contributed by atoms with E-state index in [1.807, 2.05) is 12.1 Å². The zero-order valence-corrected chi connectivity index (χ0v) is 10.9. The van der Waals surface area contributed by atoms with Crippen LogP contribution < -0.4 is 4.90 Å². The molecule has 1 aromatic rings. The molecule has 1 aromatic heterocycles. The van der Waals surface area contributed by atoms with Gasteiger partial charge in [0, 0.05) is 25.2 Å². The van der Waals surface area contributed by atoms with E-state index < -0.39 is 0 Å². The molecule has 98 valence electrons. The smallest absolute Gasteiger partial charge is 0.129 e. The van der Waals surface area contributed by atoms with E-state index in [1.165, 1.54) is 19.4 Å². The summed E-state index contributed by atoms with van der Waals surface area (Å²) in [5, 5.41) is 9.19. The molecule has 0 spiro atoms. The summed E-state index contributed by atoms with van der Waals surface area (Å²) in [4.78, 5) is 9.54. The quantitative estimate of drug-likeness (QED) is 0.853. The minimum atomic E-state index is 0.0195. The lowest BCUT2D eigenvalue weighted by atomic mass is 10.1. The van der Waals surface area contributed by atoms with Crippen LogP contribution >= 0.6 is 0 Å². The van der Waals surface area contributed by atoms with E-state index in [4.69, 9.17) is 0 Å². The van der Waals surface area contributed by atoms with Gasteiger partial charge in [-0.3, -0.25) is 4.90 Å². The Bertz CT molecular complexity index is 423. The summed E-state index contributed by atoms with van der Waals surface area (Å²) in [6, 6.07) is 7.11. The number of hydrogen-bond acceptors (Lipinski definition) is 4. The molecule has 2 saturated heterocycles. The van der Waals surface area contributed by atoms with Crippen LogP contribution in [-0.4, -0.2) is 46.7 Å². The molecule has 0 aliphatic carbocycles. The fraction of sp³-hybridized carbons (Fsp3) is 0.643. The molecule has 2 atom stereocenters. The third kappa shape index (κ3) is 2.10. The molecular weight excluding hydrogens is 226 g/mol. The van der Waals surface area contributed by atoms with E-state index in [1.54, 1.807) is 0 Å². The van der Waals surface area contributed by atoms with Gasteiger partial charge in [0.25, 0.3) is 0 Å². The van der Waals surface area contributed by atoms with Gasteiger partial charge < -0.3 is 10.0 Å². The van der Waals surface area contributed by atoms with Gasteiger partial charge in [-0.1, -0.05) is 6.07 Å². The summed E-state index contributed by atoms with van der Waals surface area (Å²) in [6.45, 7) is 5.75. The minimum Gasteiger partial charge on any atom is -0.390 e. The largest absolute Gasteiger partial charge is 0.390 e. The predicted molar refractivity (Wildman–Crippen MR) is 71.6 cm³/mol. The second kappa shape index (κ2) is 4.86. The molecule has 0 radical (unpaired) electrons. The van der Waals surface area contributed by atoms with Gasteiger partial charge in [-0.05, 0) is 38.4 Å². The summed E-state index contributed by atoms with van der Waals surface area (Å²) in [6.07, 6.45) is 2.64. The van der Waals surface area contributed by atoms with E-state index in [-0.39, 0.29) is 6.61 Å². The number of aliphatic hydroxyl groups excluding tert-OH is 1. The highest BCUT2D eigenvalue weighted by Crippen LogP contribution is 2.27. The van der Waals surface area contributed by atoms with E-state index in [9.17, 15) is 5.11 Å². The fourth-order valence-electron chi connectivity index (χ4n) is 3.22. The average Bonchev–Trinajstić information content (AvgIpc) is 2.85. The maximum absolute atomic E-state index is 9.19. The van der Waals surface area contributed by atoms with E-state index in [0.29, 0.717) is 12.1 Å². The Morgan fingerprint density at radius 1 is 1.39 bits per heavy atom. The van der Waals surface area contributed by atoms with Gasteiger partial charge in [0.05, 0.1) is 12.3 Å². The van der Waals surface area contributed by atoms with Gasteiger partial charge in [-0.2, -0.15) is 0 Å². The van der Waals surface area contributed by atoms with Gasteiger partial charge in [0.1, 0.15) is 5.82 Å². The third-order valence-electron chi connectivity index (χ3n) is 4.19. The number of pyridine rings is 1. The summed E-state index contributed by atoms with van der Waals surface area (Å²) in [5.74, 6) is 1.01. The maximum Gasteiger partial charge on any atom is 0.129 e.